The van der Waals surface area contributed by atoms with Gasteiger partial charge in [-0.2, -0.15) is 0 Å². The van der Waals surface area contributed by atoms with Crippen LogP contribution in [-0.2, 0) is 16.1 Å². The van der Waals surface area contributed by atoms with E-state index in [-0.39, 0.29) is 36.6 Å². The van der Waals surface area contributed by atoms with Crippen LogP contribution in [0.25, 0.3) is 11.0 Å². The topological polar surface area (TPSA) is 93.8 Å². The number of carbonyl (C=O) groups excluding carboxylic acids is 2. The van der Waals surface area contributed by atoms with Crippen molar-refractivity contribution < 1.29 is 23.8 Å². The van der Waals surface area contributed by atoms with E-state index in [2.05, 4.69) is 0 Å². The summed E-state index contributed by atoms with van der Waals surface area (Å²) in [6, 6.07) is 12.8. The standard InChI is InChI=1S/C21H18O6S/c1-28-16-5-2-13(3-6-16)18(23)8-9-20(24)26-12-14-10-21(25)27-19-11-15(22)4-7-17(14)19/h2-7,10-11,22H,8-9,12H2,1H3. The smallest absolute Gasteiger partial charge is 0.336 e. The number of carbonyl (C=O) groups is 2. The van der Waals surface area contributed by atoms with Crippen LogP contribution in [0.2, 0.25) is 0 Å². The maximum Gasteiger partial charge on any atom is 0.336 e. The number of hydrogen-bond donors (Lipinski definition) is 1. The van der Waals surface area contributed by atoms with E-state index in [0.717, 1.165) is 4.90 Å². The normalized spacial score (nSPS) is 10.8. The van der Waals surface area contributed by atoms with E-state index in [9.17, 15) is 19.5 Å². The molecule has 0 aliphatic heterocycles. The maximum atomic E-state index is 12.2. The van der Waals surface area contributed by atoms with Gasteiger partial charge in [-0.25, -0.2) is 4.79 Å². The molecule has 144 valence electrons. The molecule has 0 radical (unpaired) electrons. The molecule has 1 aromatic heterocycles. The number of phenols is 1. The van der Waals surface area contributed by atoms with Gasteiger partial charge in [0, 0.05) is 40.0 Å². The lowest BCUT2D eigenvalue weighted by molar-refractivity contribution is -0.144. The lowest BCUT2D eigenvalue weighted by Gasteiger charge is -2.07. The Labute approximate surface area is 165 Å². The largest absolute Gasteiger partial charge is 0.508 e. The zero-order valence-corrected chi connectivity index (χ0v) is 16.0. The summed E-state index contributed by atoms with van der Waals surface area (Å²) in [6.45, 7) is -0.123. The van der Waals surface area contributed by atoms with Crippen molar-refractivity contribution in [2.45, 2.75) is 24.3 Å². The van der Waals surface area contributed by atoms with Gasteiger partial charge in [-0.1, -0.05) is 12.1 Å². The highest BCUT2D eigenvalue weighted by Gasteiger charge is 2.12. The highest BCUT2D eigenvalue weighted by atomic mass is 32.2. The van der Waals surface area contributed by atoms with Crippen LogP contribution in [0.3, 0.4) is 0 Å². The molecule has 0 spiro atoms. The van der Waals surface area contributed by atoms with Crippen molar-refractivity contribution in [3.05, 3.63) is 70.1 Å². The lowest BCUT2D eigenvalue weighted by Crippen LogP contribution is -2.09. The van der Waals surface area contributed by atoms with Gasteiger partial charge in [0.25, 0.3) is 0 Å². The number of ketones is 1. The third-order valence-corrected chi connectivity index (χ3v) is 4.91. The molecule has 0 saturated carbocycles. The summed E-state index contributed by atoms with van der Waals surface area (Å²) in [5.41, 5.74) is 0.631. The van der Waals surface area contributed by atoms with Crippen molar-refractivity contribution in [3.8, 4) is 5.75 Å². The zero-order chi connectivity index (χ0) is 20.1. The molecule has 2 aromatic carbocycles. The van der Waals surface area contributed by atoms with E-state index >= 15 is 0 Å². The summed E-state index contributed by atoms with van der Waals surface area (Å²) in [4.78, 5) is 36.9. The Hall–Kier alpha value is -3.06. The molecular formula is C21H18O6S. The first-order valence-corrected chi connectivity index (χ1v) is 9.77. The van der Waals surface area contributed by atoms with Crippen molar-refractivity contribution in [3.63, 3.8) is 0 Å². The first-order valence-electron chi connectivity index (χ1n) is 8.55. The highest BCUT2D eigenvalue weighted by molar-refractivity contribution is 7.98. The number of thioether (sulfide) groups is 1. The first-order chi connectivity index (χ1) is 13.5. The van der Waals surface area contributed by atoms with Crippen LogP contribution in [0.4, 0.5) is 0 Å². The van der Waals surface area contributed by atoms with Gasteiger partial charge in [0.1, 0.15) is 17.9 Å². The number of aromatic hydroxyl groups is 1. The summed E-state index contributed by atoms with van der Waals surface area (Å²) in [5, 5.41) is 10.1. The highest BCUT2D eigenvalue weighted by Crippen LogP contribution is 2.22. The number of phenolic OH excluding ortho intramolecular Hbond substituents is 1. The van der Waals surface area contributed by atoms with E-state index in [1.54, 1.807) is 30.0 Å². The minimum Gasteiger partial charge on any atom is -0.508 e. The van der Waals surface area contributed by atoms with Crippen molar-refractivity contribution in [1.29, 1.82) is 0 Å². The molecule has 1 heterocycles. The Morgan fingerprint density at radius 1 is 1.07 bits per heavy atom. The van der Waals surface area contributed by atoms with Crippen molar-refractivity contribution in [2.24, 2.45) is 0 Å². The summed E-state index contributed by atoms with van der Waals surface area (Å²) >= 11 is 1.59. The van der Waals surface area contributed by atoms with Gasteiger partial charge in [-0.3, -0.25) is 9.59 Å². The Bertz CT molecular complexity index is 1070. The molecule has 0 aliphatic carbocycles. The van der Waals surface area contributed by atoms with E-state index in [1.807, 2.05) is 18.4 Å². The average molecular weight is 398 g/mol. The van der Waals surface area contributed by atoms with Crippen molar-refractivity contribution in [2.75, 3.05) is 6.26 Å². The summed E-state index contributed by atoms with van der Waals surface area (Å²) in [7, 11) is 0. The second kappa shape index (κ2) is 8.75. The van der Waals surface area contributed by atoms with Gasteiger partial charge in [0.15, 0.2) is 5.78 Å². The number of ether oxygens (including phenoxy) is 1. The number of rotatable bonds is 7. The van der Waals surface area contributed by atoms with E-state index in [4.69, 9.17) is 9.15 Å². The predicted octanol–water partition coefficient (Wildman–Crippen LogP) is 3.93. The van der Waals surface area contributed by atoms with Crippen molar-refractivity contribution >= 4 is 34.5 Å². The maximum absolute atomic E-state index is 12.2. The molecule has 6 nitrogen and oxygen atoms in total. The van der Waals surface area contributed by atoms with Crippen LogP contribution >= 0.6 is 11.8 Å². The number of Topliss-reactive ketones (excluding diaryl/α,β-unsaturated/α-hetero) is 1. The SMILES string of the molecule is CSc1ccc(C(=O)CCC(=O)OCc2cc(=O)oc3cc(O)ccc23)cc1. The van der Waals surface area contributed by atoms with Crippen LogP contribution in [0.1, 0.15) is 28.8 Å². The van der Waals surface area contributed by atoms with Crippen molar-refractivity contribution in [1.82, 2.24) is 0 Å². The molecule has 0 saturated heterocycles. The molecule has 0 amide bonds. The number of hydrogen-bond acceptors (Lipinski definition) is 7. The number of benzene rings is 2. The summed E-state index contributed by atoms with van der Waals surface area (Å²) in [5.74, 6) is -0.700. The fourth-order valence-electron chi connectivity index (χ4n) is 2.71. The van der Waals surface area contributed by atoms with E-state index < -0.39 is 11.6 Å². The van der Waals surface area contributed by atoms with E-state index in [0.29, 0.717) is 16.5 Å². The summed E-state index contributed by atoms with van der Waals surface area (Å²) in [6.07, 6.45) is 1.95. The molecule has 0 aliphatic rings. The molecule has 7 heteroatoms. The Morgan fingerprint density at radius 3 is 2.54 bits per heavy atom. The summed E-state index contributed by atoms with van der Waals surface area (Å²) < 4.78 is 10.2. The second-order valence-electron chi connectivity index (χ2n) is 6.08. The molecule has 3 rings (SSSR count). The fourth-order valence-corrected chi connectivity index (χ4v) is 3.11. The number of fused-ring (bicyclic) bond motifs is 1. The van der Waals surface area contributed by atoms with Crippen LogP contribution in [-0.4, -0.2) is 23.1 Å². The molecule has 0 fully saturated rings. The molecule has 28 heavy (non-hydrogen) atoms. The average Bonchev–Trinajstić information content (AvgIpc) is 2.69. The fraction of sp³-hybridized carbons (Fsp3) is 0.190. The number of esters is 1. The Balaban J connectivity index is 1.59. The molecule has 1 N–H and O–H groups in total. The Kier molecular flexibility index (Phi) is 6.16. The van der Waals surface area contributed by atoms with Crippen LogP contribution < -0.4 is 5.63 Å². The van der Waals surface area contributed by atoms with Gasteiger partial charge in [0.2, 0.25) is 0 Å². The zero-order valence-electron chi connectivity index (χ0n) is 15.1. The van der Waals surface area contributed by atoms with Gasteiger partial charge in [-0.15, -0.1) is 11.8 Å². The van der Waals surface area contributed by atoms with E-state index in [1.165, 1.54) is 18.2 Å². The minimum absolute atomic E-state index is 0.0335. The minimum atomic E-state index is -0.604. The lowest BCUT2D eigenvalue weighted by atomic mass is 10.1. The Morgan fingerprint density at radius 2 is 1.82 bits per heavy atom. The molecular weight excluding hydrogens is 380 g/mol. The monoisotopic (exact) mass is 398 g/mol. The molecule has 0 atom stereocenters. The molecule has 0 bridgehead atoms. The van der Waals surface area contributed by atoms with Gasteiger partial charge in [-0.05, 0) is 30.5 Å². The van der Waals surface area contributed by atoms with Crippen LogP contribution in [0.15, 0.2) is 62.6 Å². The second-order valence-corrected chi connectivity index (χ2v) is 6.96. The third-order valence-electron chi connectivity index (χ3n) is 4.17. The molecule has 3 aromatic rings. The molecule has 0 unspecified atom stereocenters. The quantitative estimate of drug-likeness (QED) is 0.279. The van der Waals surface area contributed by atoms with Crippen LogP contribution in [0, 0.1) is 0 Å². The third kappa shape index (κ3) is 4.80. The van der Waals surface area contributed by atoms with Gasteiger partial charge >= 0.3 is 11.6 Å². The van der Waals surface area contributed by atoms with Gasteiger partial charge < -0.3 is 14.3 Å². The van der Waals surface area contributed by atoms with Crippen LogP contribution in [0.5, 0.6) is 5.75 Å². The predicted molar refractivity (Wildman–Crippen MR) is 106 cm³/mol. The van der Waals surface area contributed by atoms with Gasteiger partial charge in [0.05, 0.1) is 6.42 Å². The first kappa shape index (κ1) is 19.7.